The molecule has 0 radical (unpaired) electrons. The van der Waals surface area contributed by atoms with Gasteiger partial charge in [-0.25, -0.2) is 4.98 Å². The highest BCUT2D eigenvalue weighted by atomic mass is 32.1. The Morgan fingerprint density at radius 2 is 1.92 bits per heavy atom. The summed E-state index contributed by atoms with van der Waals surface area (Å²) in [5, 5.41) is 8.15. The van der Waals surface area contributed by atoms with Gasteiger partial charge in [0.25, 0.3) is 5.91 Å². The van der Waals surface area contributed by atoms with Crippen LogP contribution in [0.1, 0.15) is 48.2 Å². The van der Waals surface area contributed by atoms with Crippen LogP contribution in [0.4, 0.5) is 5.13 Å². The van der Waals surface area contributed by atoms with E-state index in [2.05, 4.69) is 15.6 Å². The van der Waals surface area contributed by atoms with Crippen molar-refractivity contribution in [2.75, 3.05) is 12.4 Å². The van der Waals surface area contributed by atoms with E-state index in [-0.39, 0.29) is 18.2 Å². The topological polar surface area (TPSA) is 80.3 Å². The maximum atomic E-state index is 12.2. The molecule has 1 aromatic heterocycles. The normalized spacial score (nSPS) is 14.7. The lowest BCUT2D eigenvalue weighted by atomic mass is 9.95. The zero-order chi connectivity index (χ0) is 18.4. The fourth-order valence-corrected chi connectivity index (χ4v) is 3.75. The molecule has 7 heteroatoms. The number of amides is 2. The number of aromatic nitrogens is 1. The molecule has 0 bridgehead atoms. The Kier molecular flexibility index (Phi) is 6.22. The molecular weight excluding hydrogens is 350 g/mol. The summed E-state index contributed by atoms with van der Waals surface area (Å²) in [4.78, 5) is 28.7. The Hall–Kier alpha value is -2.41. The maximum Gasteiger partial charge on any atom is 0.257 e. The standard InChI is InChI=1S/C19H23N3O3S/c1-25-16-9-7-13(8-10-16)18(24)22-19-21-15(12-26-19)11-17(23)20-14-5-3-2-4-6-14/h7-10,12,14H,2-6,11H2,1H3,(H,20,23)(H,21,22,24). The van der Waals surface area contributed by atoms with E-state index in [0.29, 0.717) is 28.2 Å². The SMILES string of the molecule is COc1ccc(C(=O)Nc2nc(CC(=O)NC3CCCCC3)cs2)cc1. The minimum absolute atomic E-state index is 0.00442. The molecule has 0 spiro atoms. The highest BCUT2D eigenvalue weighted by Gasteiger charge is 2.17. The van der Waals surface area contributed by atoms with E-state index >= 15 is 0 Å². The van der Waals surface area contributed by atoms with Crippen LogP contribution in [-0.4, -0.2) is 29.9 Å². The molecule has 0 aliphatic heterocycles. The number of ether oxygens (including phenoxy) is 1. The van der Waals surface area contributed by atoms with Crippen molar-refractivity contribution in [1.29, 1.82) is 0 Å². The van der Waals surface area contributed by atoms with Gasteiger partial charge in [0.05, 0.1) is 19.2 Å². The number of rotatable bonds is 6. The van der Waals surface area contributed by atoms with E-state index in [1.807, 2.05) is 5.38 Å². The van der Waals surface area contributed by atoms with Crippen LogP contribution in [0.15, 0.2) is 29.6 Å². The number of anilines is 1. The van der Waals surface area contributed by atoms with Gasteiger partial charge in [0.1, 0.15) is 5.75 Å². The summed E-state index contributed by atoms with van der Waals surface area (Å²) in [6, 6.07) is 7.15. The van der Waals surface area contributed by atoms with Gasteiger partial charge in [0.2, 0.25) is 5.91 Å². The lowest BCUT2D eigenvalue weighted by Gasteiger charge is -2.22. The number of carbonyl (C=O) groups is 2. The Morgan fingerprint density at radius 3 is 2.62 bits per heavy atom. The number of nitrogens with zero attached hydrogens (tertiary/aromatic N) is 1. The van der Waals surface area contributed by atoms with Gasteiger partial charge < -0.3 is 10.1 Å². The van der Waals surface area contributed by atoms with Crippen LogP contribution in [0.2, 0.25) is 0 Å². The van der Waals surface area contributed by atoms with Gasteiger partial charge >= 0.3 is 0 Å². The highest BCUT2D eigenvalue weighted by molar-refractivity contribution is 7.14. The first-order valence-corrected chi connectivity index (χ1v) is 9.71. The Labute approximate surface area is 157 Å². The molecule has 0 unspecified atom stereocenters. The number of nitrogens with one attached hydrogen (secondary N) is 2. The van der Waals surface area contributed by atoms with Crippen LogP contribution in [-0.2, 0) is 11.2 Å². The summed E-state index contributed by atoms with van der Waals surface area (Å²) in [7, 11) is 1.58. The van der Waals surface area contributed by atoms with Crippen molar-refractivity contribution >= 4 is 28.3 Å². The van der Waals surface area contributed by atoms with E-state index in [9.17, 15) is 9.59 Å². The third-order valence-electron chi connectivity index (χ3n) is 4.44. The predicted molar refractivity (Wildman–Crippen MR) is 102 cm³/mol. The first-order chi connectivity index (χ1) is 12.6. The summed E-state index contributed by atoms with van der Waals surface area (Å²) < 4.78 is 5.08. The van der Waals surface area contributed by atoms with Crippen LogP contribution >= 0.6 is 11.3 Å². The van der Waals surface area contributed by atoms with Crippen molar-refractivity contribution in [3.8, 4) is 5.75 Å². The lowest BCUT2D eigenvalue weighted by molar-refractivity contribution is -0.121. The third kappa shape index (κ3) is 5.05. The molecule has 1 aliphatic carbocycles. The van der Waals surface area contributed by atoms with Crippen molar-refractivity contribution < 1.29 is 14.3 Å². The number of methoxy groups -OCH3 is 1. The molecule has 0 atom stereocenters. The van der Waals surface area contributed by atoms with Crippen LogP contribution in [0.5, 0.6) is 5.75 Å². The molecular formula is C19H23N3O3S. The van der Waals surface area contributed by atoms with Crippen LogP contribution < -0.4 is 15.4 Å². The summed E-state index contributed by atoms with van der Waals surface area (Å²) in [6.07, 6.45) is 5.99. The first kappa shape index (κ1) is 18.4. The first-order valence-electron chi connectivity index (χ1n) is 8.83. The molecule has 2 aromatic rings. The van der Waals surface area contributed by atoms with Crippen molar-refractivity contribution in [3.05, 3.63) is 40.9 Å². The maximum absolute atomic E-state index is 12.2. The molecule has 0 saturated heterocycles. The van der Waals surface area contributed by atoms with Crippen molar-refractivity contribution in [3.63, 3.8) is 0 Å². The average molecular weight is 373 g/mol. The molecule has 138 valence electrons. The summed E-state index contributed by atoms with van der Waals surface area (Å²) >= 11 is 1.32. The second-order valence-corrected chi connectivity index (χ2v) is 7.26. The molecule has 1 aromatic carbocycles. The minimum Gasteiger partial charge on any atom is -0.497 e. The zero-order valence-corrected chi connectivity index (χ0v) is 15.6. The monoisotopic (exact) mass is 373 g/mol. The number of carbonyl (C=O) groups excluding carboxylic acids is 2. The number of thiazole rings is 1. The minimum atomic E-state index is -0.236. The molecule has 2 N–H and O–H groups in total. The Bertz CT molecular complexity index is 752. The summed E-state index contributed by atoms with van der Waals surface area (Å²) in [5.74, 6) is 0.456. The van der Waals surface area contributed by atoms with Crippen molar-refractivity contribution in [2.24, 2.45) is 0 Å². The fourth-order valence-electron chi connectivity index (χ4n) is 3.05. The van der Waals surface area contributed by atoms with Gasteiger partial charge in [-0.2, -0.15) is 0 Å². The molecule has 2 amide bonds. The molecule has 1 heterocycles. The second kappa shape index (κ2) is 8.80. The third-order valence-corrected chi connectivity index (χ3v) is 5.24. The molecule has 1 saturated carbocycles. The fraction of sp³-hybridized carbons (Fsp3) is 0.421. The number of hydrogen-bond acceptors (Lipinski definition) is 5. The highest BCUT2D eigenvalue weighted by Crippen LogP contribution is 2.19. The van der Waals surface area contributed by atoms with Gasteiger partial charge in [-0.1, -0.05) is 19.3 Å². The number of benzene rings is 1. The van der Waals surface area contributed by atoms with Gasteiger partial charge in [-0.15, -0.1) is 11.3 Å². The van der Waals surface area contributed by atoms with E-state index in [1.54, 1.807) is 31.4 Å². The van der Waals surface area contributed by atoms with Gasteiger partial charge in [-0.3, -0.25) is 14.9 Å². The van der Waals surface area contributed by atoms with E-state index in [1.165, 1.54) is 30.6 Å². The van der Waals surface area contributed by atoms with Crippen LogP contribution in [0.25, 0.3) is 0 Å². The lowest BCUT2D eigenvalue weighted by Crippen LogP contribution is -2.37. The van der Waals surface area contributed by atoms with Crippen molar-refractivity contribution in [1.82, 2.24) is 10.3 Å². The average Bonchev–Trinajstić information content (AvgIpc) is 3.09. The Morgan fingerprint density at radius 1 is 1.19 bits per heavy atom. The molecule has 1 aliphatic rings. The predicted octanol–water partition coefficient (Wildman–Crippen LogP) is 3.40. The summed E-state index contributed by atoms with van der Waals surface area (Å²) in [6.45, 7) is 0. The van der Waals surface area contributed by atoms with Crippen molar-refractivity contribution in [2.45, 2.75) is 44.6 Å². The molecule has 26 heavy (non-hydrogen) atoms. The quantitative estimate of drug-likeness (QED) is 0.813. The molecule has 3 rings (SSSR count). The molecule has 6 nitrogen and oxygen atoms in total. The second-order valence-electron chi connectivity index (χ2n) is 6.41. The largest absolute Gasteiger partial charge is 0.497 e. The van der Waals surface area contributed by atoms with Gasteiger partial charge in [0.15, 0.2) is 5.13 Å². The van der Waals surface area contributed by atoms with Gasteiger partial charge in [-0.05, 0) is 37.1 Å². The van der Waals surface area contributed by atoms with Crippen LogP contribution in [0.3, 0.4) is 0 Å². The van der Waals surface area contributed by atoms with E-state index in [4.69, 9.17) is 4.74 Å². The van der Waals surface area contributed by atoms with Gasteiger partial charge in [0, 0.05) is 17.0 Å². The number of hydrogen-bond donors (Lipinski definition) is 2. The smallest absolute Gasteiger partial charge is 0.257 e. The summed E-state index contributed by atoms with van der Waals surface area (Å²) in [5.41, 5.74) is 1.20. The van der Waals surface area contributed by atoms with Crippen LogP contribution in [0, 0.1) is 0 Å². The Balaban J connectivity index is 1.51. The van der Waals surface area contributed by atoms with E-state index < -0.39 is 0 Å². The van der Waals surface area contributed by atoms with E-state index in [0.717, 1.165) is 12.8 Å². The molecule has 1 fully saturated rings. The zero-order valence-electron chi connectivity index (χ0n) is 14.8.